The minimum atomic E-state index is -4.30. The van der Waals surface area contributed by atoms with Gasteiger partial charge in [-0.2, -0.15) is 13.2 Å². The highest BCUT2D eigenvalue weighted by molar-refractivity contribution is 5.86. The lowest BCUT2D eigenvalue weighted by molar-refractivity contribution is -0.137. The van der Waals surface area contributed by atoms with Crippen molar-refractivity contribution in [1.82, 2.24) is 5.32 Å². The predicted octanol–water partition coefficient (Wildman–Crippen LogP) is 6.31. The van der Waals surface area contributed by atoms with E-state index in [-0.39, 0.29) is 6.04 Å². The minimum absolute atomic E-state index is 0.175. The normalized spacial score (nSPS) is 13.3. The average molecular weight is 369 g/mol. The van der Waals surface area contributed by atoms with Crippen LogP contribution in [0, 0.1) is 0 Å². The molecule has 1 atom stereocenters. The number of alkyl halides is 3. The molecule has 0 heterocycles. The lowest BCUT2D eigenvalue weighted by Crippen LogP contribution is -2.18. The molecular formula is C23H22F3N. The van der Waals surface area contributed by atoms with Crippen molar-refractivity contribution in [3.8, 4) is 0 Å². The zero-order chi connectivity index (χ0) is 19.3. The Hall–Kier alpha value is -2.59. The molecular weight excluding hydrogens is 347 g/mol. The number of fused-ring (bicyclic) bond motifs is 1. The van der Waals surface area contributed by atoms with Crippen molar-refractivity contribution in [1.29, 1.82) is 0 Å². The van der Waals surface area contributed by atoms with Crippen LogP contribution in [-0.4, -0.2) is 6.54 Å². The largest absolute Gasteiger partial charge is 0.416 e. The van der Waals surface area contributed by atoms with Gasteiger partial charge in [-0.3, -0.25) is 0 Å². The summed E-state index contributed by atoms with van der Waals surface area (Å²) in [5.74, 6) is 0. The number of hydrogen-bond donors (Lipinski definition) is 1. The van der Waals surface area contributed by atoms with Gasteiger partial charge < -0.3 is 5.32 Å². The molecule has 0 aliphatic rings. The van der Waals surface area contributed by atoms with E-state index in [1.807, 2.05) is 24.3 Å². The van der Waals surface area contributed by atoms with Crippen LogP contribution in [0.4, 0.5) is 13.2 Å². The molecule has 1 nitrogen and oxygen atoms in total. The van der Waals surface area contributed by atoms with Crippen LogP contribution in [0.3, 0.4) is 0 Å². The van der Waals surface area contributed by atoms with E-state index in [0.717, 1.165) is 6.07 Å². The van der Waals surface area contributed by atoms with E-state index in [1.54, 1.807) is 6.07 Å². The van der Waals surface area contributed by atoms with Crippen LogP contribution in [0.25, 0.3) is 10.8 Å². The standard InChI is InChI=1S/C23H22F3N/c1-17(21-14-7-11-19-10-2-3-13-22(19)21)27-15-5-4-8-18-9-6-12-20(16-18)23(24,25)26/h2-7,9-14,16-17,27H,8,15H2,1H3/b5-4+. The zero-order valence-corrected chi connectivity index (χ0v) is 15.1. The third-order valence-electron chi connectivity index (χ3n) is 4.61. The molecule has 4 heteroatoms. The second-order valence-electron chi connectivity index (χ2n) is 6.57. The van der Waals surface area contributed by atoms with E-state index < -0.39 is 11.7 Å². The summed E-state index contributed by atoms with van der Waals surface area (Å²) in [4.78, 5) is 0. The molecule has 0 saturated heterocycles. The molecule has 1 unspecified atom stereocenters. The molecule has 0 saturated carbocycles. The van der Waals surface area contributed by atoms with Crippen molar-refractivity contribution in [3.63, 3.8) is 0 Å². The van der Waals surface area contributed by atoms with Crippen LogP contribution in [0.15, 0.2) is 78.9 Å². The number of halogens is 3. The van der Waals surface area contributed by atoms with Crippen LogP contribution in [0.2, 0.25) is 0 Å². The van der Waals surface area contributed by atoms with Crippen molar-refractivity contribution in [2.75, 3.05) is 6.54 Å². The SMILES string of the molecule is CC(NC/C=C/Cc1cccc(C(F)(F)F)c1)c1cccc2ccccc12. The fourth-order valence-corrected chi connectivity index (χ4v) is 3.16. The number of benzene rings is 3. The molecule has 0 radical (unpaired) electrons. The number of hydrogen-bond acceptors (Lipinski definition) is 1. The molecule has 0 aromatic heterocycles. The summed E-state index contributed by atoms with van der Waals surface area (Å²) >= 11 is 0. The highest BCUT2D eigenvalue weighted by atomic mass is 19.4. The Bertz CT molecular complexity index is 923. The molecule has 3 aromatic rings. The second-order valence-corrected chi connectivity index (χ2v) is 6.57. The van der Waals surface area contributed by atoms with Crippen LogP contribution in [0.1, 0.15) is 29.7 Å². The van der Waals surface area contributed by atoms with Crippen molar-refractivity contribution < 1.29 is 13.2 Å². The third kappa shape index (κ3) is 4.98. The molecule has 0 spiro atoms. The summed E-state index contributed by atoms with van der Waals surface area (Å²) < 4.78 is 38.2. The van der Waals surface area contributed by atoms with Crippen LogP contribution < -0.4 is 5.32 Å². The van der Waals surface area contributed by atoms with E-state index in [0.29, 0.717) is 18.5 Å². The van der Waals surface area contributed by atoms with Gasteiger partial charge in [-0.25, -0.2) is 0 Å². The lowest BCUT2D eigenvalue weighted by atomic mass is 10.00. The van der Waals surface area contributed by atoms with Crippen molar-refractivity contribution in [2.45, 2.75) is 25.6 Å². The Morgan fingerprint density at radius 2 is 1.67 bits per heavy atom. The van der Waals surface area contributed by atoms with Crippen LogP contribution in [-0.2, 0) is 12.6 Å². The highest BCUT2D eigenvalue weighted by Crippen LogP contribution is 2.29. The average Bonchev–Trinajstić information content (AvgIpc) is 2.66. The Labute approximate surface area is 157 Å². The lowest BCUT2D eigenvalue weighted by Gasteiger charge is -2.15. The van der Waals surface area contributed by atoms with Gasteiger partial charge in [0.25, 0.3) is 0 Å². The first-order valence-corrected chi connectivity index (χ1v) is 8.97. The first-order valence-electron chi connectivity index (χ1n) is 8.97. The van der Waals surface area contributed by atoms with E-state index in [2.05, 4.69) is 42.6 Å². The van der Waals surface area contributed by atoms with Gasteiger partial charge in [-0.15, -0.1) is 0 Å². The summed E-state index contributed by atoms with van der Waals surface area (Å²) in [6, 6.07) is 20.2. The Morgan fingerprint density at radius 3 is 2.48 bits per heavy atom. The maximum atomic E-state index is 12.7. The smallest absolute Gasteiger partial charge is 0.307 e. The summed E-state index contributed by atoms with van der Waals surface area (Å²) in [5, 5.41) is 5.89. The van der Waals surface area contributed by atoms with Crippen molar-refractivity contribution in [2.24, 2.45) is 0 Å². The Morgan fingerprint density at radius 1 is 0.926 bits per heavy atom. The summed E-state index contributed by atoms with van der Waals surface area (Å²) in [7, 11) is 0. The highest BCUT2D eigenvalue weighted by Gasteiger charge is 2.30. The molecule has 0 amide bonds. The van der Waals surface area contributed by atoms with E-state index >= 15 is 0 Å². The van der Waals surface area contributed by atoms with Gasteiger partial charge in [0.15, 0.2) is 0 Å². The molecule has 0 bridgehead atoms. The number of rotatable bonds is 6. The predicted molar refractivity (Wildman–Crippen MR) is 105 cm³/mol. The zero-order valence-electron chi connectivity index (χ0n) is 15.1. The second kappa shape index (κ2) is 8.40. The fraction of sp³-hybridized carbons (Fsp3) is 0.217. The molecule has 27 heavy (non-hydrogen) atoms. The third-order valence-corrected chi connectivity index (χ3v) is 4.61. The molecule has 3 aromatic carbocycles. The van der Waals surface area contributed by atoms with Gasteiger partial charge in [0.05, 0.1) is 5.56 Å². The summed E-state index contributed by atoms with van der Waals surface area (Å²) in [6.45, 7) is 2.77. The van der Waals surface area contributed by atoms with Crippen LogP contribution >= 0.6 is 0 Å². The first kappa shape index (κ1) is 19.2. The monoisotopic (exact) mass is 369 g/mol. The maximum absolute atomic E-state index is 12.7. The van der Waals surface area contributed by atoms with Gasteiger partial charge in [-0.1, -0.05) is 72.8 Å². The van der Waals surface area contributed by atoms with E-state index in [1.165, 1.54) is 28.5 Å². The van der Waals surface area contributed by atoms with E-state index in [9.17, 15) is 13.2 Å². The molecule has 140 valence electrons. The summed E-state index contributed by atoms with van der Waals surface area (Å²) in [5.41, 5.74) is 1.29. The quantitative estimate of drug-likeness (QED) is 0.502. The topological polar surface area (TPSA) is 12.0 Å². The minimum Gasteiger partial charge on any atom is -0.307 e. The maximum Gasteiger partial charge on any atom is 0.416 e. The molecule has 1 N–H and O–H groups in total. The number of nitrogens with one attached hydrogen (secondary N) is 1. The van der Waals surface area contributed by atoms with Gasteiger partial charge in [0.2, 0.25) is 0 Å². The number of allylic oxidation sites excluding steroid dienone is 1. The molecule has 0 aliphatic carbocycles. The van der Waals surface area contributed by atoms with Crippen molar-refractivity contribution in [3.05, 3.63) is 95.6 Å². The van der Waals surface area contributed by atoms with Gasteiger partial charge in [-0.05, 0) is 41.3 Å². The molecule has 3 rings (SSSR count). The van der Waals surface area contributed by atoms with Gasteiger partial charge in [0.1, 0.15) is 0 Å². The first-order chi connectivity index (χ1) is 12.9. The van der Waals surface area contributed by atoms with Crippen molar-refractivity contribution >= 4 is 10.8 Å². The Kier molecular flexibility index (Phi) is 5.97. The van der Waals surface area contributed by atoms with Gasteiger partial charge >= 0.3 is 6.18 Å². The van der Waals surface area contributed by atoms with E-state index in [4.69, 9.17) is 0 Å². The molecule has 0 fully saturated rings. The fourth-order valence-electron chi connectivity index (χ4n) is 3.16. The van der Waals surface area contributed by atoms with Gasteiger partial charge in [0, 0.05) is 12.6 Å². The Balaban J connectivity index is 1.56. The summed E-state index contributed by atoms with van der Waals surface area (Å²) in [6.07, 6.45) is 0.0453. The van der Waals surface area contributed by atoms with Crippen LogP contribution in [0.5, 0.6) is 0 Å². The molecule has 0 aliphatic heterocycles.